The third-order valence-corrected chi connectivity index (χ3v) is 4.81. The van der Waals surface area contributed by atoms with Crippen LogP contribution in [0.2, 0.25) is 0 Å². The van der Waals surface area contributed by atoms with E-state index in [0.717, 1.165) is 21.7 Å². The number of halogens is 4. The molecule has 0 amide bonds. The molecule has 0 bridgehead atoms. The Labute approximate surface area is 167 Å². The maximum absolute atomic E-state index is 13.5. The first-order valence-corrected chi connectivity index (χ1v) is 9.06. The van der Waals surface area contributed by atoms with Gasteiger partial charge in [0.1, 0.15) is 11.6 Å². The van der Waals surface area contributed by atoms with E-state index >= 15 is 0 Å². The highest BCUT2D eigenvalue weighted by molar-refractivity contribution is 9.10. The second-order valence-corrected chi connectivity index (χ2v) is 7.23. The zero-order chi connectivity index (χ0) is 20.5. The number of nitrogens with zero attached hydrogens (tertiary/aromatic N) is 2. The fourth-order valence-electron chi connectivity index (χ4n) is 2.95. The van der Waals surface area contributed by atoms with Crippen LogP contribution >= 0.6 is 15.9 Å². The van der Waals surface area contributed by atoms with Crippen LogP contribution in [-0.2, 0) is 12.7 Å². The number of rotatable bonds is 3. The van der Waals surface area contributed by atoms with E-state index in [1.54, 1.807) is 42.5 Å². The molecule has 0 atom stereocenters. The minimum atomic E-state index is -4.81. The Bertz CT molecular complexity index is 1130. The molecular weight excluding hydrogens is 433 g/mol. The normalized spacial score (nSPS) is 11.3. The predicted octanol–water partition coefficient (Wildman–Crippen LogP) is 5.53. The number of benzene rings is 2. The minimum Gasteiger partial charge on any atom is -0.303 e. The average molecular weight is 447 g/mol. The highest BCUT2D eigenvalue weighted by atomic mass is 79.9. The van der Waals surface area contributed by atoms with Crippen LogP contribution in [0.5, 0.6) is 0 Å². The van der Waals surface area contributed by atoms with E-state index in [4.69, 9.17) is 0 Å². The molecule has 3 aromatic rings. The fourth-order valence-corrected chi connectivity index (χ4v) is 3.22. The molecule has 0 saturated carbocycles. The van der Waals surface area contributed by atoms with E-state index < -0.39 is 22.9 Å². The first-order valence-electron chi connectivity index (χ1n) is 8.27. The van der Waals surface area contributed by atoms with Crippen LogP contribution in [-0.4, -0.2) is 4.57 Å². The molecule has 0 aliphatic heterocycles. The molecule has 0 spiro atoms. The predicted molar refractivity (Wildman–Crippen MR) is 104 cm³/mol. The lowest BCUT2D eigenvalue weighted by Gasteiger charge is -2.18. The molecule has 0 aliphatic carbocycles. The van der Waals surface area contributed by atoms with Gasteiger partial charge in [0, 0.05) is 4.47 Å². The Balaban J connectivity index is 2.31. The number of aromatic nitrogens is 1. The lowest BCUT2D eigenvalue weighted by molar-refractivity contribution is -0.137. The summed E-state index contributed by atoms with van der Waals surface area (Å²) in [6.07, 6.45) is -4.81. The Hall–Kier alpha value is -2.85. The van der Waals surface area contributed by atoms with Gasteiger partial charge in [-0.2, -0.15) is 18.4 Å². The molecule has 0 unspecified atom stereocenters. The van der Waals surface area contributed by atoms with E-state index in [0.29, 0.717) is 5.56 Å². The van der Waals surface area contributed by atoms with Crippen molar-refractivity contribution in [1.29, 1.82) is 5.26 Å². The van der Waals surface area contributed by atoms with Gasteiger partial charge in [-0.1, -0.05) is 51.8 Å². The molecular formula is C21H14BrF3N2O. The third-order valence-electron chi connectivity index (χ3n) is 4.29. The lowest BCUT2D eigenvalue weighted by Crippen LogP contribution is -2.28. The Morgan fingerprint density at radius 2 is 1.79 bits per heavy atom. The van der Waals surface area contributed by atoms with Crippen LogP contribution in [0.3, 0.4) is 0 Å². The molecule has 142 valence electrons. The van der Waals surface area contributed by atoms with Crippen molar-refractivity contribution in [2.24, 2.45) is 0 Å². The van der Waals surface area contributed by atoms with Gasteiger partial charge < -0.3 is 4.57 Å². The smallest absolute Gasteiger partial charge is 0.303 e. The van der Waals surface area contributed by atoms with Gasteiger partial charge >= 0.3 is 6.18 Å². The number of nitriles is 1. The summed E-state index contributed by atoms with van der Waals surface area (Å²) in [5.41, 5.74) is -0.922. The van der Waals surface area contributed by atoms with Crippen LogP contribution in [0.1, 0.15) is 22.3 Å². The fraction of sp³-hybridized carbons (Fsp3) is 0.143. The van der Waals surface area contributed by atoms with Gasteiger partial charge in [0.05, 0.1) is 17.8 Å². The van der Waals surface area contributed by atoms with Crippen LogP contribution in [0, 0.1) is 18.3 Å². The lowest BCUT2D eigenvalue weighted by atomic mass is 10.0. The van der Waals surface area contributed by atoms with E-state index in [1.165, 1.54) is 10.6 Å². The van der Waals surface area contributed by atoms with Crippen molar-refractivity contribution in [2.75, 3.05) is 0 Å². The van der Waals surface area contributed by atoms with Crippen molar-refractivity contribution >= 4 is 15.9 Å². The molecule has 0 radical (unpaired) electrons. The molecule has 28 heavy (non-hydrogen) atoms. The van der Waals surface area contributed by atoms with Crippen LogP contribution < -0.4 is 5.56 Å². The van der Waals surface area contributed by atoms with Gasteiger partial charge in [-0.15, -0.1) is 0 Å². The zero-order valence-corrected chi connectivity index (χ0v) is 16.3. The maximum atomic E-state index is 13.5. The Morgan fingerprint density at radius 3 is 2.36 bits per heavy atom. The van der Waals surface area contributed by atoms with Gasteiger partial charge in [0.25, 0.3) is 5.56 Å². The summed E-state index contributed by atoms with van der Waals surface area (Å²) < 4.78 is 42.5. The van der Waals surface area contributed by atoms with Crippen LogP contribution in [0.25, 0.3) is 11.3 Å². The van der Waals surface area contributed by atoms with Gasteiger partial charge in [0.15, 0.2) is 0 Å². The Kier molecular flexibility index (Phi) is 5.43. The molecule has 2 aromatic carbocycles. The van der Waals surface area contributed by atoms with Crippen molar-refractivity contribution < 1.29 is 13.2 Å². The standard InChI is InChI=1S/C21H14BrF3N2O/c1-13-3-2-4-15(9-13)19-10-18(21(23,24)25)17(11-26)20(28)27(19)12-14-5-7-16(22)8-6-14/h2-10H,12H2,1H3. The number of aryl methyl sites for hydroxylation is 1. The first-order chi connectivity index (χ1) is 13.2. The molecule has 3 nitrogen and oxygen atoms in total. The quantitative estimate of drug-likeness (QED) is 0.531. The molecule has 1 heterocycles. The highest BCUT2D eigenvalue weighted by Crippen LogP contribution is 2.34. The summed E-state index contributed by atoms with van der Waals surface area (Å²) >= 11 is 3.32. The van der Waals surface area contributed by atoms with Crippen molar-refractivity contribution in [1.82, 2.24) is 4.57 Å². The van der Waals surface area contributed by atoms with Gasteiger partial charge in [-0.05, 0) is 42.3 Å². The molecule has 0 aliphatic rings. The van der Waals surface area contributed by atoms with E-state index in [1.807, 2.05) is 13.0 Å². The molecule has 0 N–H and O–H groups in total. The molecule has 3 rings (SSSR count). The summed E-state index contributed by atoms with van der Waals surface area (Å²) in [5, 5.41) is 9.23. The largest absolute Gasteiger partial charge is 0.417 e. The number of hydrogen-bond acceptors (Lipinski definition) is 2. The summed E-state index contributed by atoms with van der Waals surface area (Å²) in [7, 11) is 0. The topological polar surface area (TPSA) is 45.8 Å². The second kappa shape index (κ2) is 7.64. The van der Waals surface area contributed by atoms with E-state index in [2.05, 4.69) is 15.9 Å². The van der Waals surface area contributed by atoms with E-state index in [9.17, 15) is 23.2 Å². The first kappa shape index (κ1) is 19.9. The second-order valence-electron chi connectivity index (χ2n) is 6.32. The number of pyridine rings is 1. The maximum Gasteiger partial charge on any atom is 0.417 e. The SMILES string of the molecule is Cc1cccc(-c2cc(C(F)(F)F)c(C#N)c(=O)n2Cc2ccc(Br)cc2)c1. The summed E-state index contributed by atoms with van der Waals surface area (Å²) in [5.74, 6) is 0. The summed E-state index contributed by atoms with van der Waals surface area (Å²) in [4.78, 5) is 12.8. The van der Waals surface area contributed by atoms with Gasteiger partial charge in [-0.25, -0.2) is 0 Å². The van der Waals surface area contributed by atoms with Gasteiger partial charge in [0.2, 0.25) is 0 Å². The molecule has 1 aromatic heterocycles. The number of alkyl halides is 3. The summed E-state index contributed by atoms with van der Waals surface area (Å²) in [6.45, 7) is 1.86. The highest BCUT2D eigenvalue weighted by Gasteiger charge is 2.36. The molecule has 0 fully saturated rings. The monoisotopic (exact) mass is 446 g/mol. The number of hydrogen-bond donors (Lipinski definition) is 0. The van der Waals surface area contributed by atoms with Crippen molar-refractivity contribution in [2.45, 2.75) is 19.6 Å². The third kappa shape index (κ3) is 4.02. The minimum absolute atomic E-state index is 0.0439. The summed E-state index contributed by atoms with van der Waals surface area (Å²) in [6, 6.07) is 16.3. The zero-order valence-electron chi connectivity index (χ0n) is 14.7. The Morgan fingerprint density at radius 1 is 1.11 bits per heavy atom. The average Bonchev–Trinajstić information content (AvgIpc) is 2.63. The molecule has 7 heteroatoms. The van der Waals surface area contributed by atoms with Crippen LogP contribution in [0.4, 0.5) is 13.2 Å². The van der Waals surface area contributed by atoms with Crippen molar-refractivity contribution in [3.63, 3.8) is 0 Å². The van der Waals surface area contributed by atoms with Crippen molar-refractivity contribution in [3.8, 4) is 17.3 Å². The van der Waals surface area contributed by atoms with Gasteiger partial charge in [-0.3, -0.25) is 4.79 Å². The van der Waals surface area contributed by atoms with Crippen molar-refractivity contribution in [3.05, 3.63) is 91.7 Å². The van der Waals surface area contributed by atoms with Crippen LogP contribution in [0.15, 0.2) is 63.9 Å². The van der Waals surface area contributed by atoms with E-state index in [-0.39, 0.29) is 12.2 Å². The molecule has 0 saturated heterocycles.